The number of carbonyl (C=O) groups excluding carboxylic acids is 2. The molecule has 9 heteroatoms. The summed E-state index contributed by atoms with van der Waals surface area (Å²) in [4.78, 5) is 26.2. The van der Waals surface area contributed by atoms with E-state index < -0.39 is 29.5 Å². The van der Waals surface area contributed by atoms with Gasteiger partial charge in [0.25, 0.3) is 0 Å². The number of hydrogen-bond donors (Lipinski definition) is 1. The molecule has 1 aliphatic rings. The first kappa shape index (κ1) is 20.5. The number of nitrogens with zero attached hydrogens (tertiary/aromatic N) is 1. The normalized spacial score (nSPS) is 16.7. The lowest BCUT2D eigenvalue weighted by atomic mass is 10.1. The van der Waals surface area contributed by atoms with E-state index in [4.69, 9.17) is 9.47 Å². The summed E-state index contributed by atoms with van der Waals surface area (Å²) in [7, 11) is 2.94. The van der Waals surface area contributed by atoms with Crippen molar-refractivity contribution in [2.45, 2.75) is 12.6 Å². The van der Waals surface area contributed by atoms with E-state index in [0.717, 1.165) is 12.1 Å². The second-order valence-electron chi connectivity index (χ2n) is 6.51. The summed E-state index contributed by atoms with van der Waals surface area (Å²) in [5.74, 6) is -0.602. The number of carbonyl (C=O) groups is 2. The molecule has 1 atom stereocenters. The van der Waals surface area contributed by atoms with Gasteiger partial charge in [-0.15, -0.1) is 0 Å². The Kier molecular flexibility index (Phi) is 5.67. The van der Waals surface area contributed by atoms with Crippen LogP contribution in [-0.4, -0.2) is 32.6 Å². The van der Waals surface area contributed by atoms with Gasteiger partial charge in [-0.1, -0.05) is 6.07 Å². The summed E-state index contributed by atoms with van der Waals surface area (Å²) in [6.07, 6.45) is -4.61. The summed E-state index contributed by atoms with van der Waals surface area (Å²) in [5, 5.41) is 2.70. The average molecular weight is 408 g/mol. The van der Waals surface area contributed by atoms with Gasteiger partial charge in [-0.25, -0.2) is 0 Å². The van der Waals surface area contributed by atoms with Gasteiger partial charge in [0, 0.05) is 24.7 Å². The quantitative estimate of drug-likeness (QED) is 0.819. The first-order valence-corrected chi connectivity index (χ1v) is 8.73. The molecule has 0 aliphatic carbocycles. The Morgan fingerprint density at radius 2 is 1.90 bits per heavy atom. The molecule has 0 unspecified atom stereocenters. The van der Waals surface area contributed by atoms with E-state index in [0.29, 0.717) is 17.2 Å². The molecular weight excluding hydrogens is 389 g/mol. The number of benzene rings is 2. The van der Waals surface area contributed by atoms with Crippen LogP contribution in [0.3, 0.4) is 0 Å². The monoisotopic (exact) mass is 408 g/mol. The predicted octanol–water partition coefficient (Wildman–Crippen LogP) is 3.71. The SMILES string of the molecule is COc1ccc(NC(=O)[C@H]2CC(=O)N(c3cccc(C(F)(F)F)c3)C2)c(OC)c1. The third-order valence-electron chi connectivity index (χ3n) is 4.65. The lowest BCUT2D eigenvalue weighted by molar-refractivity contribution is -0.137. The van der Waals surface area contributed by atoms with Crippen molar-refractivity contribution in [1.82, 2.24) is 0 Å². The van der Waals surface area contributed by atoms with Crippen LogP contribution in [0.15, 0.2) is 42.5 Å². The molecule has 1 aliphatic heterocycles. The molecule has 154 valence electrons. The number of ether oxygens (including phenoxy) is 2. The second-order valence-corrected chi connectivity index (χ2v) is 6.51. The number of methoxy groups -OCH3 is 2. The van der Waals surface area contributed by atoms with Gasteiger partial charge < -0.3 is 19.7 Å². The number of rotatable bonds is 5. The molecule has 0 radical (unpaired) electrons. The molecular formula is C20H19F3N2O4. The van der Waals surface area contributed by atoms with Crippen molar-refractivity contribution in [1.29, 1.82) is 0 Å². The van der Waals surface area contributed by atoms with Crippen LogP contribution in [0, 0.1) is 5.92 Å². The molecule has 1 saturated heterocycles. The van der Waals surface area contributed by atoms with Gasteiger partial charge in [0.1, 0.15) is 11.5 Å². The van der Waals surface area contributed by atoms with E-state index in [1.807, 2.05) is 0 Å². The minimum Gasteiger partial charge on any atom is -0.497 e. The highest BCUT2D eigenvalue weighted by molar-refractivity contribution is 6.04. The first-order chi connectivity index (χ1) is 13.7. The Labute approximate surface area is 165 Å². The Balaban J connectivity index is 1.74. The molecule has 3 rings (SSSR count). The minimum absolute atomic E-state index is 0.00948. The van der Waals surface area contributed by atoms with Crippen molar-refractivity contribution in [2.24, 2.45) is 5.92 Å². The Bertz CT molecular complexity index is 930. The van der Waals surface area contributed by atoms with E-state index in [-0.39, 0.29) is 18.7 Å². The zero-order chi connectivity index (χ0) is 21.2. The van der Waals surface area contributed by atoms with Gasteiger partial charge in [0.2, 0.25) is 11.8 Å². The number of anilines is 2. The van der Waals surface area contributed by atoms with Gasteiger partial charge in [-0.2, -0.15) is 13.2 Å². The van der Waals surface area contributed by atoms with Crippen molar-refractivity contribution >= 4 is 23.2 Å². The second kappa shape index (κ2) is 8.02. The number of amides is 2. The van der Waals surface area contributed by atoms with Gasteiger partial charge in [0.15, 0.2) is 0 Å². The molecule has 6 nitrogen and oxygen atoms in total. The maximum absolute atomic E-state index is 12.9. The molecule has 1 N–H and O–H groups in total. The van der Waals surface area contributed by atoms with Crippen molar-refractivity contribution in [2.75, 3.05) is 31.0 Å². The van der Waals surface area contributed by atoms with E-state index in [1.165, 1.54) is 31.3 Å². The molecule has 1 heterocycles. The van der Waals surface area contributed by atoms with E-state index >= 15 is 0 Å². The Morgan fingerprint density at radius 3 is 2.55 bits per heavy atom. The molecule has 2 amide bonds. The third kappa shape index (κ3) is 4.44. The lowest BCUT2D eigenvalue weighted by Crippen LogP contribution is -2.28. The van der Waals surface area contributed by atoms with E-state index in [1.54, 1.807) is 18.2 Å². The fraction of sp³-hybridized carbons (Fsp3) is 0.300. The van der Waals surface area contributed by atoms with Crippen LogP contribution in [0.4, 0.5) is 24.5 Å². The third-order valence-corrected chi connectivity index (χ3v) is 4.65. The number of halogens is 3. The maximum Gasteiger partial charge on any atom is 0.416 e. The largest absolute Gasteiger partial charge is 0.497 e. The molecule has 29 heavy (non-hydrogen) atoms. The number of alkyl halides is 3. The van der Waals surface area contributed by atoms with Gasteiger partial charge in [0.05, 0.1) is 31.4 Å². The van der Waals surface area contributed by atoms with E-state index in [9.17, 15) is 22.8 Å². The highest BCUT2D eigenvalue weighted by atomic mass is 19.4. The number of nitrogens with one attached hydrogen (secondary N) is 1. The van der Waals surface area contributed by atoms with Crippen LogP contribution < -0.4 is 19.7 Å². The van der Waals surface area contributed by atoms with Crippen LogP contribution in [0.1, 0.15) is 12.0 Å². The van der Waals surface area contributed by atoms with E-state index in [2.05, 4.69) is 5.32 Å². The van der Waals surface area contributed by atoms with Crippen molar-refractivity contribution in [3.8, 4) is 11.5 Å². The highest BCUT2D eigenvalue weighted by Gasteiger charge is 2.37. The van der Waals surface area contributed by atoms with Crippen molar-refractivity contribution < 1.29 is 32.2 Å². The summed E-state index contributed by atoms with van der Waals surface area (Å²) in [6.45, 7) is -0.00948. The van der Waals surface area contributed by atoms with Crippen molar-refractivity contribution in [3.63, 3.8) is 0 Å². The number of hydrogen-bond acceptors (Lipinski definition) is 4. The van der Waals surface area contributed by atoms with Crippen LogP contribution in [-0.2, 0) is 15.8 Å². The molecule has 0 bridgehead atoms. The Hall–Kier alpha value is -3.23. The van der Waals surface area contributed by atoms with Crippen LogP contribution >= 0.6 is 0 Å². The Morgan fingerprint density at radius 1 is 1.14 bits per heavy atom. The van der Waals surface area contributed by atoms with Gasteiger partial charge in [-0.3, -0.25) is 9.59 Å². The first-order valence-electron chi connectivity index (χ1n) is 8.73. The van der Waals surface area contributed by atoms with Crippen molar-refractivity contribution in [3.05, 3.63) is 48.0 Å². The lowest BCUT2D eigenvalue weighted by Gasteiger charge is -2.18. The molecule has 2 aromatic rings. The zero-order valence-electron chi connectivity index (χ0n) is 15.7. The fourth-order valence-electron chi connectivity index (χ4n) is 3.12. The highest BCUT2D eigenvalue weighted by Crippen LogP contribution is 2.34. The van der Waals surface area contributed by atoms with Gasteiger partial charge in [-0.05, 0) is 30.3 Å². The summed E-state index contributed by atoms with van der Waals surface area (Å²) in [5.41, 5.74) is -0.330. The molecule has 0 spiro atoms. The summed E-state index contributed by atoms with van der Waals surface area (Å²) < 4.78 is 49.1. The fourth-order valence-corrected chi connectivity index (χ4v) is 3.12. The average Bonchev–Trinajstić information content (AvgIpc) is 3.09. The van der Waals surface area contributed by atoms with Gasteiger partial charge >= 0.3 is 6.18 Å². The molecule has 0 aromatic heterocycles. The smallest absolute Gasteiger partial charge is 0.416 e. The summed E-state index contributed by atoms with van der Waals surface area (Å²) >= 11 is 0. The van der Waals surface area contributed by atoms with Crippen LogP contribution in [0.25, 0.3) is 0 Å². The summed E-state index contributed by atoms with van der Waals surface area (Å²) in [6, 6.07) is 9.35. The standard InChI is InChI=1S/C20H19F3N2O4/c1-28-15-6-7-16(17(10-15)29-2)24-19(27)12-8-18(26)25(11-12)14-5-3-4-13(9-14)20(21,22)23/h3-7,9-10,12H,8,11H2,1-2H3,(H,24,27)/t12-/m0/s1. The zero-order valence-corrected chi connectivity index (χ0v) is 15.7. The van der Waals surface area contributed by atoms with Crippen LogP contribution in [0.5, 0.6) is 11.5 Å². The predicted molar refractivity (Wildman–Crippen MR) is 100 cm³/mol. The molecule has 0 saturated carbocycles. The topological polar surface area (TPSA) is 67.9 Å². The maximum atomic E-state index is 12.9. The van der Waals surface area contributed by atoms with Crippen LogP contribution in [0.2, 0.25) is 0 Å². The molecule has 1 fully saturated rings. The molecule has 2 aromatic carbocycles. The minimum atomic E-state index is -4.51.